The number of sulfonamides is 1. The second kappa shape index (κ2) is 5.35. The van der Waals surface area contributed by atoms with Crippen molar-refractivity contribution in [2.45, 2.75) is 24.0 Å². The highest BCUT2D eigenvalue weighted by atomic mass is 32.2. The molecule has 0 fully saturated rings. The van der Waals surface area contributed by atoms with Crippen molar-refractivity contribution in [3.8, 4) is 0 Å². The lowest BCUT2D eigenvalue weighted by Crippen LogP contribution is -2.44. The number of hydrogen-bond acceptors (Lipinski definition) is 4. The lowest BCUT2D eigenvalue weighted by molar-refractivity contribution is 0.469. The first-order valence-electron chi connectivity index (χ1n) is 6.43. The second-order valence-electron chi connectivity index (χ2n) is 4.82. The van der Waals surface area contributed by atoms with Gasteiger partial charge in [-0.05, 0) is 17.5 Å². The van der Waals surface area contributed by atoms with Crippen molar-refractivity contribution < 1.29 is 8.42 Å². The molecule has 2 heterocycles. The van der Waals surface area contributed by atoms with Crippen LogP contribution in [0, 0.1) is 0 Å². The van der Waals surface area contributed by atoms with Gasteiger partial charge >= 0.3 is 0 Å². The van der Waals surface area contributed by atoms with Crippen LogP contribution in [0.15, 0.2) is 41.8 Å². The molecule has 0 amide bonds. The van der Waals surface area contributed by atoms with Crippen molar-refractivity contribution in [3.63, 3.8) is 0 Å². The van der Waals surface area contributed by atoms with Crippen molar-refractivity contribution in [1.82, 2.24) is 20.0 Å². The molecule has 0 radical (unpaired) electrons. The Morgan fingerprint density at radius 2 is 2.10 bits per heavy atom. The number of H-pyrrole nitrogens is 1. The molecule has 0 aliphatic carbocycles. The fourth-order valence-electron chi connectivity index (χ4n) is 2.34. The summed E-state index contributed by atoms with van der Waals surface area (Å²) in [5.74, 6) is 0. The van der Waals surface area contributed by atoms with Crippen LogP contribution < -0.4 is 10.0 Å². The number of aromatic amines is 1. The van der Waals surface area contributed by atoms with E-state index in [1.54, 1.807) is 0 Å². The van der Waals surface area contributed by atoms with Crippen LogP contribution in [0.4, 0.5) is 0 Å². The molecule has 3 rings (SSSR count). The van der Waals surface area contributed by atoms with E-state index in [4.69, 9.17) is 0 Å². The van der Waals surface area contributed by atoms with Gasteiger partial charge in [-0.15, -0.1) is 0 Å². The van der Waals surface area contributed by atoms with E-state index in [-0.39, 0.29) is 11.1 Å². The molecule has 1 aromatic heterocycles. The van der Waals surface area contributed by atoms with Crippen LogP contribution in [0.5, 0.6) is 0 Å². The highest BCUT2D eigenvalue weighted by molar-refractivity contribution is 7.89. The van der Waals surface area contributed by atoms with Gasteiger partial charge < -0.3 is 10.3 Å². The fourth-order valence-corrected chi connectivity index (χ4v) is 3.33. The van der Waals surface area contributed by atoms with Crippen LogP contribution in [-0.2, 0) is 23.0 Å². The summed E-state index contributed by atoms with van der Waals surface area (Å²) in [6, 6.07) is 8.31. The Labute approximate surface area is 117 Å². The third kappa shape index (κ3) is 2.74. The normalized spacial score (nSPS) is 18.7. The van der Waals surface area contributed by atoms with Crippen LogP contribution in [-0.4, -0.2) is 31.0 Å². The molecular weight excluding hydrogens is 276 g/mol. The topological polar surface area (TPSA) is 86.9 Å². The van der Waals surface area contributed by atoms with Gasteiger partial charge in [0, 0.05) is 19.1 Å². The van der Waals surface area contributed by atoms with Gasteiger partial charge in [0.25, 0.3) is 10.0 Å². The molecule has 0 saturated heterocycles. The summed E-state index contributed by atoms with van der Waals surface area (Å²) in [7, 11) is -3.50. The van der Waals surface area contributed by atoms with Gasteiger partial charge in [0.15, 0.2) is 5.03 Å². The van der Waals surface area contributed by atoms with E-state index < -0.39 is 10.0 Å². The number of rotatable bonds is 4. The quantitative estimate of drug-likeness (QED) is 0.761. The number of benzene rings is 1. The Morgan fingerprint density at radius 3 is 2.85 bits per heavy atom. The van der Waals surface area contributed by atoms with Gasteiger partial charge in [0.05, 0.1) is 12.5 Å². The van der Waals surface area contributed by atoms with E-state index in [9.17, 15) is 8.42 Å². The Kier molecular flexibility index (Phi) is 3.56. The number of nitrogens with zero attached hydrogens (tertiary/aromatic N) is 1. The number of hydrogen-bond donors (Lipinski definition) is 3. The molecule has 0 bridgehead atoms. The van der Waals surface area contributed by atoms with E-state index in [1.165, 1.54) is 23.7 Å². The van der Waals surface area contributed by atoms with E-state index in [2.05, 4.69) is 32.1 Å². The first kappa shape index (κ1) is 13.3. The lowest BCUT2D eigenvalue weighted by atomic mass is 9.96. The molecule has 1 aromatic carbocycles. The molecule has 1 aliphatic rings. The summed E-state index contributed by atoms with van der Waals surface area (Å²) in [5.41, 5.74) is 2.55. The van der Waals surface area contributed by atoms with Gasteiger partial charge in [-0.25, -0.2) is 18.1 Å². The molecule has 1 unspecified atom stereocenters. The summed E-state index contributed by atoms with van der Waals surface area (Å²) < 4.78 is 26.5. The minimum atomic E-state index is -3.50. The average molecular weight is 292 g/mol. The van der Waals surface area contributed by atoms with Crippen molar-refractivity contribution in [1.29, 1.82) is 0 Å². The lowest BCUT2D eigenvalue weighted by Gasteiger charge is -2.26. The predicted octanol–water partition coefficient (Wildman–Crippen LogP) is 0.402. The molecule has 0 saturated carbocycles. The first-order valence-corrected chi connectivity index (χ1v) is 7.92. The maximum atomic E-state index is 12.0. The number of aromatic nitrogens is 2. The zero-order chi connectivity index (χ0) is 14.0. The van der Waals surface area contributed by atoms with Gasteiger partial charge in [-0.3, -0.25) is 0 Å². The molecule has 0 spiro atoms. The van der Waals surface area contributed by atoms with E-state index >= 15 is 0 Å². The van der Waals surface area contributed by atoms with E-state index in [0.29, 0.717) is 6.54 Å². The summed E-state index contributed by atoms with van der Waals surface area (Å²) in [6.45, 7) is 1.13. The molecule has 1 aliphatic heterocycles. The highest BCUT2D eigenvalue weighted by Crippen LogP contribution is 2.16. The van der Waals surface area contributed by atoms with Crippen molar-refractivity contribution in [3.05, 3.63) is 47.9 Å². The van der Waals surface area contributed by atoms with Crippen molar-refractivity contribution in [2.24, 2.45) is 0 Å². The molecule has 1 atom stereocenters. The predicted molar refractivity (Wildman–Crippen MR) is 74.5 cm³/mol. The Hall–Kier alpha value is -1.70. The zero-order valence-electron chi connectivity index (χ0n) is 10.8. The zero-order valence-corrected chi connectivity index (χ0v) is 11.7. The minimum absolute atomic E-state index is 0.0914. The van der Waals surface area contributed by atoms with Gasteiger partial charge in [0.1, 0.15) is 0 Å². The average Bonchev–Trinajstić information content (AvgIpc) is 3.00. The van der Waals surface area contributed by atoms with Gasteiger partial charge in [-0.2, -0.15) is 0 Å². The Balaban J connectivity index is 1.63. The summed E-state index contributed by atoms with van der Waals surface area (Å²) in [6.07, 6.45) is 3.47. The van der Waals surface area contributed by atoms with Gasteiger partial charge in [0.2, 0.25) is 0 Å². The minimum Gasteiger partial charge on any atom is -0.335 e. The van der Waals surface area contributed by atoms with Crippen molar-refractivity contribution >= 4 is 10.0 Å². The molecule has 7 heteroatoms. The first-order chi connectivity index (χ1) is 9.65. The third-order valence-corrected chi connectivity index (χ3v) is 4.80. The summed E-state index contributed by atoms with van der Waals surface area (Å²) >= 11 is 0. The fraction of sp³-hybridized carbons (Fsp3) is 0.308. The molecule has 3 N–H and O–H groups in total. The molecule has 106 valence electrons. The van der Waals surface area contributed by atoms with Crippen LogP contribution in [0.2, 0.25) is 0 Å². The van der Waals surface area contributed by atoms with Crippen molar-refractivity contribution in [2.75, 3.05) is 6.54 Å². The highest BCUT2D eigenvalue weighted by Gasteiger charge is 2.21. The smallest absolute Gasteiger partial charge is 0.257 e. The maximum absolute atomic E-state index is 12.0. The second-order valence-corrected chi connectivity index (χ2v) is 6.55. The van der Waals surface area contributed by atoms with Gasteiger partial charge in [-0.1, -0.05) is 24.3 Å². The van der Waals surface area contributed by atoms with Crippen LogP contribution in [0.3, 0.4) is 0 Å². The number of fused-ring (bicyclic) bond motifs is 1. The largest absolute Gasteiger partial charge is 0.335 e. The number of nitrogens with one attached hydrogen (secondary N) is 3. The summed E-state index contributed by atoms with van der Waals surface area (Å²) in [4.78, 5) is 6.32. The number of imidazole rings is 1. The van der Waals surface area contributed by atoms with E-state index in [0.717, 1.165) is 13.0 Å². The standard InChI is InChI=1S/C13H16N4O2S/c18-20(19,13-8-14-9-16-13)17-7-12-5-10-3-1-2-4-11(10)6-15-12/h1-4,8-9,12,15,17H,5-7H2,(H,14,16). The summed E-state index contributed by atoms with van der Waals surface area (Å²) in [5, 5.41) is 3.43. The third-order valence-electron chi connectivity index (χ3n) is 3.45. The van der Waals surface area contributed by atoms with Crippen LogP contribution in [0.1, 0.15) is 11.1 Å². The molecular formula is C13H16N4O2S. The Morgan fingerprint density at radius 1 is 1.30 bits per heavy atom. The van der Waals surface area contributed by atoms with Crippen LogP contribution in [0.25, 0.3) is 0 Å². The molecule has 6 nitrogen and oxygen atoms in total. The Bertz CT molecular complexity index is 682. The molecule has 20 heavy (non-hydrogen) atoms. The SMILES string of the molecule is O=S(=O)(NCC1Cc2ccccc2CN1)c1cnc[nH]1. The van der Waals surface area contributed by atoms with E-state index in [1.807, 2.05) is 12.1 Å². The monoisotopic (exact) mass is 292 g/mol. The maximum Gasteiger partial charge on any atom is 0.257 e. The van der Waals surface area contributed by atoms with Crippen LogP contribution >= 0.6 is 0 Å². The molecule has 2 aromatic rings.